The van der Waals surface area contributed by atoms with Crippen LogP contribution in [0.3, 0.4) is 0 Å². The Labute approximate surface area is 74.4 Å². The molecule has 12 heavy (non-hydrogen) atoms. The molecular formula is C8H20N4. The highest BCUT2D eigenvalue weighted by Crippen LogP contribution is 2.15. The van der Waals surface area contributed by atoms with E-state index in [4.69, 9.17) is 11.6 Å². The Morgan fingerprint density at radius 1 is 1.42 bits per heavy atom. The molecule has 1 unspecified atom stereocenters. The number of nitrogens with one attached hydrogen (secondary N) is 1. The van der Waals surface area contributed by atoms with Gasteiger partial charge in [0.15, 0.2) is 0 Å². The van der Waals surface area contributed by atoms with Crippen molar-refractivity contribution in [3.63, 3.8) is 0 Å². The van der Waals surface area contributed by atoms with Crippen LogP contribution in [0.5, 0.6) is 0 Å². The van der Waals surface area contributed by atoms with Gasteiger partial charge in [0, 0.05) is 0 Å². The highest BCUT2D eigenvalue weighted by atomic mass is 15.3. The Morgan fingerprint density at radius 3 is 2.25 bits per heavy atom. The number of hydrogen-bond acceptors (Lipinski definition) is 2. The predicted octanol–water partition coefficient (Wildman–Crippen LogP) is 0.589. The van der Waals surface area contributed by atoms with Gasteiger partial charge in [0.1, 0.15) is 0 Å². The van der Waals surface area contributed by atoms with Gasteiger partial charge in [-0.25, -0.2) is 10.8 Å². The van der Waals surface area contributed by atoms with E-state index in [1.807, 2.05) is 0 Å². The molecule has 0 aliphatic heterocycles. The van der Waals surface area contributed by atoms with Crippen molar-refractivity contribution in [2.45, 2.75) is 39.7 Å². The van der Waals surface area contributed by atoms with E-state index in [1.54, 1.807) is 0 Å². The number of hydrazine groups is 1. The van der Waals surface area contributed by atoms with Gasteiger partial charge in [-0.05, 0) is 12.8 Å². The molecule has 0 aromatic carbocycles. The molecule has 0 bridgehead atoms. The van der Waals surface area contributed by atoms with Crippen LogP contribution in [0, 0.1) is 5.92 Å². The van der Waals surface area contributed by atoms with Gasteiger partial charge in [0.2, 0.25) is 5.96 Å². The summed E-state index contributed by atoms with van der Waals surface area (Å²) in [6.07, 6.45) is 2.25. The molecule has 4 nitrogen and oxygen atoms in total. The van der Waals surface area contributed by atoms with Gasteiger partial charge in [0.25, 0.3) is 0 Å². The first kappa shape index (κ1) is 11.2. The third kappa shape index (κ3) is 3.57. The summed E-state index contributed by atoms with van der Waals surface area (Å²) in [7, 11) is 0. The van der Waals surface area contributed by atoms with Crippen molar-refractivity contribution in [2.24, 2.45) is 22.5 Å². The number of guanidine groups is 1. The van der Waals surface area contributed by atoms with Crippen LogP contribution in [0.25, 0.3) is 0 Å². The predicted molar refractivity (Wildman–Crippen MR) is 52.5 cm³/mol. The molecule has 1 atom stereocenters. The van der Waals surface area contributed by atoms with Crippen LogP contribution in [-0.2, 0) is 0 Å². The topological polar surface area (TPSA) is 76.4 Å². The lowest BCUT2D eigenvalue weighted by Crippen LogP contribution is -2.38. The molecular weight excluding hydrogens is 152 g/mol. The van der Waals surface area contributed by atoms with E-state index in [1.165, 1.54) is 0 Å². The molecule has 0 amide bonds. The zero-order valence-electron chi connectivity index (χ0n) is 8.17. The maximum Gasteiger partial charge on any atom is 0.203 e. The zero-order valence-corrected chi connectivity index (χ0v) is 8.17. The minimum atomic E-state index is 0.246. The van der Waals surface area contributed by atoms with E-state index in [0.717, 1.165) is 12.8 Å². The maximum atomic E-state index is 5.43. The Balaban J connectivity index is 4.07. The van der Waals surface area contributed by atoms with Crippen LogP contribution >= 0.6 is 0 Å². The summed E-state index contributed by atoms with van der Waals surface area (Å²) in [6.45, 7) is 6.38. The second kappa shape index (κ2) is 5.83. The summed E-state index contributed by atoms with van der Waals surface area (Å²) < 4.78 is 0. The molecule has 0 saturated carbocycles. The molecule has 0 heterocycles. The van der Waals surface area contributed by atoms with Gasteiger partial charge >= 0.3 is 0 Å². The number of nitrogens with zero attached hydrogens (tertiary/aromatic N) is 1. The summed E-state index contributed by atoms with van der Waals surface area (Å²) in [5.74, 6) is 6.01. The van der Waals surface area contributed by atoms with Crippen molar-refractivity contribution < 1.29 is 0 Å². The number of rotatable bonds is 4. The molecule has 0 spiro atoms. The molecule has 0 saturated heterocycles. The van der Waals surface area contributed by atoms with E-state index < -0.39 is 0 Å². The van der Waals surface area contributed by atoms with Gasteiger partial charge in [-0.15, -0.1) is 0 Å². The minimum absolute atomic E-state index is 0.246. The van der Waals surface area contributed by atoms with E-state index in [9.17, 15) is 0 Å². The van der Waals surface area contributed by atoms with Crippen LogP contribution in [0.15, 0.2) is 4.99 Å². The van der Waals surface area contributed by atoms with Gasteiger partial charge < -0.3 is 5.73 Å². The number of nitrogens with two attached hydrogens (primary N) is 2. The minimum Gasteiger partial charge on any atom is -0.369 e. The Bertz CT molecular complexity index is 140. The molecule has 0 fully saturated rings. The summed E-state index contributed by atoms with van der Waals surface area (Å²) in [5.41, 5.74) is 7.76. The lowest BCUT2D eigenvalue weighted by Gasteiger charge is -2.17. The Kier molecular flexibility index (Phi) is 5.45. The Morgan fingerprint density at radius 2 is 1.92 bits per heavy atom. The average Bonchev–Trinajstić information content (AvgIpc) is 2.06. The monoisotopic (exact) mass is 172 g/mol. The molecule has 0 aliphatic carbocycles. The Hall–Kier alpha value is -0.770. The molecule has 0 radical (unpaired) electrons. The van der Waals surface area contributed by atoms with E-state index >= 15 is 0 Å². The molecule has 0 aromatic heterocycles. The molecule has 0 rings (SSSR count). The van der Waals surface area contributed by atoms with Crippen LogP contribution in [-0.4, -0.2) is 12.0 Å². The molecule has 0 aliphatic rings. The lowest BCUT2D eigenvalue weighted by molar-refractivity contribution is 0.418. The maximum absolute atomic E-state index is 5.43. The van der Waals surface area contributed by atoms with Crippen LogP contribution in [0.2, 0.25) is 0 Å². The first-order chi connectivity index (χ1) is 5.65. The van der Waals surface area contributed by atoms with Gasteiger partial charge in [-0.1, -0.05) is 26.7 Å². The highest BCUT2D eigenvalue weighted by molar-refractivity contribution is 5.77. The fourth-order valence-electron chi connectivity index (χ4n) is 1.33. The van der Waals surface area contributed by atoms with Crippen LogP contribution in [0.1, 0.15) is 33.6 Å². The normalized spacial score (nSPS) is 14.9. The second-order valence-electron chi connectivity index (χ2n) is 2.98. The van der Waals surface area contributed by atoms with Gasteiger partial charge in [-0.2, -0.15) is 0 Å². The number of aliphatic imine (C=N–C) groups is 1. The van der Waals surface area contributed by atoms with Crippen molar-refractivity contribution in [1.29, 1.82) is 0 Å². The fraction of sp³-hybridized carbons (Fsp3) is 0.875. The fourth-order valence-corrected chi connectivity index (χ4v) is 1.33. The molecule has 4 heteroatoms. The second-order valence-corrected chi connectivity index (χ2v) is 2.98. The van der Waals surface area contributed by atoms with Crippen molar-refractivity contribution in [3.8, 4) is 0 Å². The van der Waals surface area contributed by atoms with E-state index in [-0.39, 0.29) is 6.04 Å². The summed E-state index contributed by atoms with van der Waals surface area (Å²) in [6, 6.07) is 0.246. The standard InChI is InChI=1S/C8H20N4/c1-4-7(5-2)6(3)11-8(9)12-10/h6-7H,4-5,10H2,1-3H3,(H3,9,11,12). The van der Waals surface area contributed by atoms with Gasteiger partial charge in [0.05, 0.1) is 6.04 Å². The molecule has 0 aromatic rings. The van der Waals surface area contributed by atoms with Gasteiger partial charge in [-0.3, -0.25) is 5.43 Å². The largest absolute Gasteiger partial charge is 0.369 e. The zero-order chi connectivity index (χ0) is 9.56. The molecule has 5 N–H and O–H groups in total. The number of hydrogen-bond donors (Lipinski definition) is 3. The third-order valence-corrected chi connectivity index (χ3v) is 2.22. The average molecular weight is 172 g/mol. The molecule has 72 valence electrons. The summed E-state index contributed by atoms with van der Waals surface area (Å²) in [4.78, 5) is 4.20. The highest BCUT2D eigenvalue weighted by Gasteiger charge is 2.11. The summed E-state index contributed by atoms with van der Waals surface area (Å²) >= 11 is 0. The summed E-state index contributed by atoms with van der Waals surface area (Å²) in [5, 5.41) is 0. The van der Waals surface area contributed by atoms with Crippen LogP contribution < -0.4 is 17.0 Å². The quantitative estimate of drug-likeness (QED) is 0.251. The lowest BCUT2D eigenvalue weighted by atomic mass is 9.96. The first-order valence-electron chi connectivity index (χ1n) is 4.45. The van der Waals surface area contributed by atoms with Crippen molar-refractivity contribution in [3.05, 3.63) is 0 Å². The van der Waals surface area contributed by atoms with Crippen molar-refractivity contribution in [1.82, 2.24) is 5.43 Å². The van der Waals surface area contributed by atoms with E-state index in [2.05, 4.69) is 31.2 Å². The van der Waals surface area contributed by atoms with Crippen LogP contribution in [0.4, 0.5) is 0 Å². The van der Waals surface area contributed by atoms with Crippen molar-refractivity contribution >= 4 is 5.96 Å². The SMILES string of the molecule is CCC(CC)C(C)N=C(N)NN. The smallest absolute Gasteiger partial charge is 0.203 e. The van der Waals surface area contributed by atoms with E-state index in [0.29, 0.717) is 11.9 Å². The third-order valence-electron chi connectivity index (χ3n) is 2.22. The van der Waals surface area contributed by atoms with Crippen molar-refractivity contribution in [2.75, 3.05) is 0 Å². The first-order valence-corrected chi connectivity index (χ1v) is 4.45.